The van der Waals surface area contributed by atoms with Crippen LogP contribution in [0.2, 0.25) is 10.0 Å². The SMILES string of the molecule is CC(=O)c1cc(Cl)ccc1Cl.CC(=O)c1ccc(-c2ccccc2)cc1.CC(=O)c1ccc(C(C)(C)C)cc1.CC(=O)c1ccc(C(C)=O)cc1.CC(=O)c1ccc(C)cc1.CC(=O)c1ccc(COc2ccccc2)cc1.CC(=O)c1cccc(C(C)=O)c1. The second-order valence-electron chi connectivity index (χ2n) is 21.7. The number of carbonyl (C=O) groups excluding carboxylic acids is 9. The standard InChI is InChI=1S/C15H14O2.C14H12O.C12H16O.2C10H10O2.C9H10O.C8H6Cl2O/c1-12(16)14-9-7-13(8-10-14)11-17-15-5-3-2-4-6-15;1-11(15)12-7-9-14(10-8-12)13-5-3-2-4-6-13;1-9(13)10-5-7-11(8-6-10)12(2,3)4;1-7(11)9-3-5-10(6-4-9)8(2)12;1-7(11)9-4-3-5-10(6-9)8(2)12;1-7-3-5-9(6-4-7)8(2)10;1-5(11)7-4-6(9)2-3-8(7)10/h2-10H,11H2,1H3;2-10H,1H3;5-8H,1-4H3;2*3-6H,1-2H3;3-6H,1-2H3;2-4H,1H3. The van der Waals surface area contributed by atoms with Crippen LogP contribution in [0.1, 0.15) is 193 Å². The Kier molecular flexibility index (Phi) is 31.5. The van der Waals surface area contributed by atoms with E-state index < -0.39 is 0 Å². The highest BCUT2D eigenvalue weighted by atomic mass is 35.5. The second-order valence-corrected chi connectivity index (χ2v) is 22.6. The Labute approximate surface area is 540 Å². The van der Waals surface area contributed by atoms with E-state index in [1.54, 1.807) is 94.4 Å². The molecular weight excluding hydrogens is 1170 g/mol. The summed E-state index contributed by atoms with van der Waals surface area (Å²) in [6.07, 6.45) is 0. The third kappa shape index (κ3) is 27.6. The Morgan fingerprint density at radius 2 is 0.667 bits per heavy atom. The minimum atomic E-state index is -0.0718. The number of benzene rings is 9. The van der Waals surface area contributed by atoms with Crippen LogP contribution in [0, 0.1) is 6.92 Å². The molecule has 9 aromatic carbocycles. The van der Waals surface area contributed by atoms with Crippen LogP contribution in [0.3, 0.4) is 0 Å². The van der Waals surface area contributed by atoms with Gasteiger partial charge in [-0.3, -0.25) is 43.2 Å². The van der Waals surface area contributed by atoms with E-state index in [9.17, 15) is 43.2 Å². The maximum absolute atomic E-state index is 11.1. The van der Waals surface area contributed by atoms with Crippen LogP contribution in [-0.4, -0.2) is 52.0 Å². The van der Waals surface area contributed by atoms with Crippen molar-refractivity contribution in [3.05, 3.63) is 301 Å². The zero-order valence-electron chi connectivity index (χ0n) is 53.4. The van der Waals surface area contributed by atoms with E-state index in [0.717, 1.165) is 39.1 Å². The summed E-state index contributed by atoms with van der Waals surface area (Å²) in [6, 6.07) is 68.6. The molecule has 0 bridgehead atoms. The average molecular weight is 1250 g/mol. The van der Waals surface area contributed by atoms with Gasteiger partial charge in [0.25, 0.3) is 0 Å². The fourth-order valence-corrected chi connectivity index (χ4v) is 8.13. The van der Waals surface area contributed by atoms with Crippen molar-refractivity contribution < 1.29 is 47.9 Å². The molecule has 9 aromatic rings. The smallest absolute Gasteiger partial charge is 0.161 e. The first kappa shape index (κ1) is 74.6. The summed E-state index contributed by atoms with van der Waals surface area (Å²) in [4.78, 5) is 98.3. The molecule has 0 atom stereocenters. The lowest BCUT2D eigenvalue weighted by molar-refractivity contribution is 0.0999. The van der Waals surface area contributed by atoms with Crippen LogP contribution in [-0.2, 0) is 12.0 Å². The highest BCUT2D eigenvalue weighted by Gasteiger charge is 2.13. The first-order valence-electron chi connectivity index (χ1n) is 28.8. The van der Waals surface area contributed by atoms with Crippen molar-refractivity contribution in [2.75, 3.05) is 0 Å². The Morgan fingerprint density at radius 3 is 1.02 bits per heavy atom. The van der Waals surface area contributed by atoms with Crippen molar-refractivity contribution in [1.29, 1.82) is 0 Å². The van der Waals surface area contributed by atoms with Gasteiger partial charge in [-0.05, 0) is 133 Å². The maximum atomic E-state index is 11.1. The molecule has 464 valence electrons. The van der Waals surface area contributed by atoms with Crippen molar-refractivity contribution >= 4 is 75.3 Å². The largest absolute Gasteiger partial charge is 0.489 e. The van der Waals surface area contributed by atoms with Crippen LogP contribution in [0.5, 0.6) is 5.75 Å². The topological polar surface area (TPSA) is 163 Å². The fraction of sp³-hybridized carbons (Fsp3) is 0.192. The number of halogens is 2. The van der Waals surface area contributed by atoms with Crippen molar-refractivity contribution in [2.45, 2.75) is 102 Å². The number of hydrogen-bond acceptors (Lipinski definition) is 10. The third-order valence-corrected chi connectivity index (χ3v) is 13.8. The lowest BCUT2D eigenvalue weighted by Gasteiger charge is -2.18. The molecule has 0 aliphatic rings. The summed E-state index contributed by atoms with van der Waals surface area (Å²) in [5.74, 6) is 1.22. The molecule has 0 aliphatic heterocycles. The summed E-state index contributed by atoms with van der Waals surface area (Å²) in [6.45, 7) is 22.7. The van der Waals surface area contributed by atoms with Gasteiger partial charge in [-0.2, -0.15) is 0 Å². The molecule has 90 heavy (non-hydrogen) atoms. The Bertz CT molecular complexity index is 3770. The summed E-state index contributed by atoms with van der Waals surface area (Å²) in [5, 5.41) is 0.974. The molecule has 0 spiro atoms. The van der Waals surface area contributed by atoms with E-state index in [4.69, 9.17) is 27.9 Å². The van der Waals surface area contributed by atoms with E-state index in [2.05, 4.69) is 32.9 Å². The number of aryl methyl sites for hydroxylation is 1. The Hall–Kier alpha value is -9.61. The number of Topliss-reactive ketones (excluding diaryl/α,β-unsaturated/α-hetero) is 9. The third-order valence-electron chi connectivity index (χ3n) is 13.2. The van der Waals surface area contributed by atoms with E-state index in [0.29, 0.717) is 44.5 Å². The van der Waals surface area contributed by atoms with Gasteiger partial charge in [-0.1, -0.05) is 238 Å². The van der Waals surface area contributed by atoms with Gasteiger partial charge in [-0.15, -0.1) is 0 Å². The first-order chi connectivity index (χ1) is 42.5. The van der Waals surface area contributed by atoms with E-state index in [1.165, 1.54) is 51.3 Å². The van der Waals surface area contributed by atoms with Gasteiger partial charge in [0.05, 0.1) is 5.02 Å². The molecule has 0 aromatic heterocycles. The van der Waals surface area contributed by atoms with Crippen molar-refractivity contribution in [3.63, 3.8) is 0 Å². The molecule has 12 heteroatoms. The molecule has 0 aliphatic carbocycles. The molecule has 0 saturated carbocycles. The zero-order valence-corrected chi connectivity index (χ0v) is 54.9. The van der Waals surface area contributed by atoms with Crippen LogP contribution >= 0.6 is 23.2 Å². The van der Waals surface area contributed by atoms with Gasteiger partial charge in [0.2, 0.25) is 0 Å². The monoisotopic (exact) mass is 1240 g/mol. The number of rotatable bonds is 13. The molecule has 0 unspecified atom stereocenters. The van der Waals surface area contributed by atoms with Gasteiger partial charge in [0.15, 0.2) is 52.0 Å². The van der Waals surface area contributed by atoms with Crippen molar-refractivity contribution in [1.82, 2.24) is 0 Å². The Morgan fingerprint density at radius 1 is 0.333 bits per heavy atom. The first-order valence-corrected chi connectivity index (χ1v) is 29.6. The van der Waals surface area contributed by atoms with Gasteiger partial charge >= 0.3 is 0 Å². The predicted molar refractivity (Wildman–Crippen MR) is 365 cm³/mol. The second kappa shape index (κ2) is 37.9. The van der Waals surface area contributed by atoms with Crippen LogP contribution in [0.15, 0.2) is 224 Å². The minimum Gasteiger partial charge on any atom is -0.489 e. The molecule has 0 radical (unpaired) electrons. The summed E-state index contributed by atoms with van der Waals surface area (Å²) in [7, 11) is 0. The quantitative estimate of drug-likeness (QED) is 0.102. The summed E-state index contributed by atoms with van der Waals surface area (Å²) < 4.78 is 5.61. The van der Waals surface area contributed by atoms with Gasteiger partial charge in [0, 0.05) is 55.1 Å². The minimum absolute atomic E-state index is 0.0156. The van der Waals surface area contributed by atoms with Gasteiger partial charge < -0.3 is 4.74 Å². The number of para-hydroxylation sites is 1. The predicted octanol–water partition coefficient (Wildman–Crippen LogP) is 19.8. The zero-order chi connectivity index (χ0) is 67.1. The Balaban J connectivity index is 0.000000276. The normalized spacial score (nSPS) is 9.94. The molecule has 0 N–H and O–H groups in total. The molecule has 0 amide bonds. The molecule has 0 saturated heterocycles. The van der Waals surface area contributed by atoms with Crippen molar-refractivity contribution in [2.24, 2.45) is 0 Å². The molecular formula is C78H78Cl2O10. The number of carbonyl (C=O) groups is 9. The lowest BCUT2D eigenvalue weighted by atomic mass is 9.86. The highest BCUT2D eigenvalue weighted by molar-refractivity contribution is 6.35. The van der Waals surface area contributed by atoms with E-state index in [1.807, 2.05) is 153 Å². The fourth-order valence-electron chi connectivity index (χ4n) is 7.70. The maximum Gasteiger partial charge on any atom is 0.161 e. The molecule has 9 rings (SSSR count). The van der Waals surface area contributed by atoms with E-state index >= 15 is 0 Å². The average Bonchev–Trinajstić information content (AvgIpc) is 2.85. The number of ketones is 9. The number of ether oxygens (including phenoxy) is 1. The van der Waals surface area contributed by atoms with Crippen LogP contribution in [0.25, 0.3) is 11.1 Å². The van der Waals surface area contributed by atoms with E-state index in [-0.39, 0.29) is 57.5 Å². The number of hydrogen-bond donors (Lipinski definition) is 0. The van der Waals surface area contributed by atoms with Crippen LogP contribution in [0.4, 0.5) is 0 Å². The van der Waals surface area contributed by atoms with Gasteiger partial charge in [-0.25, -0.2) is 0 Å². The molecule has 10 nitrogen and oxygen atoms in total. The molecule has 0 fully saturated rings. The van der Waals surface area contributed by atoms with Gasteiger partial charge in [0.1, 0.15) is 12.4 Å². The molecule has 0 heterocycles. The van der Waals surface area contributed by atoms with Crippen molar-refractivity contribution in [3.8, 4) is 16.9 Å². The van der Waals surface area contributed by atoms with Crippen LogP contribution < -0.4 is 4.74 Å². The highest BCUT2D eigenvalue weighted by Crippen LogP contribution is 2.24. The summed E-state index contributed by atoms with van der Waals surface area (Å²) in [5.41, 5.74) is 12.0. The lowest BCUT2D eigenvalue weighted by Crippen LogP contribution is -2.10. The summed E-state index contributed by atoms with van der Waals surface area (Å²) >= 11 is 11.4.